The first-order valence-electron chi connectivity index (χ1n) is 9.31. The molecule has 144 valence electrons. The molecule has 0 aliphatic heterocycles. The van der Waals surface area contributed by atoms with Gasteiger partial charge in [0, 0.05) is 18.2 Å². The number of hydrogen-bond acceptors (Lipinski definition) is 5. The molecule has 0 saturated carbocycles. The van der Waals surface area contributed by atoms with Crippen LogP contribution in [0, 0.1) is 0 Å². The van der Waals surface area contributed by atoms with Crippen LogP contribution in [0.3, 0.4) is 0 Å². The van der Waals surface area contributed by atoms with Gasteiger partial charge in [-0.25, -0.2) is 9.97 Å². The zero-order chi connectivity index (χ0) is 19.9. The summed E-state index contributed by atoms with van der Waals surface area (Å²) in [5.41, 5.74) is 2.16. The van der Waals surface area contributed by atoms with Crippen LogP contribution in [-0.4, -0.2) is 15.9 Å². The van der Waals surface area contributed by atoms with Crippen molar-refractivity contribution in [3.63, 3.8) is 0 Å². The summed E-state index contributed by atoms with van der Waals surface area (Å²) in [6, 6.07) is 24.7. The number of carbonyl (C=O) groups excluding carboxylic acids is 1. The average molecular weight is 384 g/mol. The number of aromatic nitrogens is 2. The first kappa shape index (κ1) is 18.4. The highest BCUT2D eigenvalue weighted by Gasteiger charge is 2.13. The van der Waals surface area contributed by atoms with Gasteiger partial charge in [0.2, 0.25) is 0 Å². The van der Waals surface area contributed by atoms with E-state index in [1.807, 2.05) is 72.8 Å². The summed E-state index contributed by atoms with van der Waals surface area (Å²) in [6.07, 6.45) is 1.62. The molecule has 0 saturated heterocycles. The molecule has 0 aliphatic rings. The number of furan rings is 1. The summed E-state index contributed by atoms with van der Waals surface area (Å²) in [7, 11) is 0. The maximum absolute atomic E-state index is 12.7. The lowest BCUT2D eigenvalue weighted by Crippen LogP contribution is -2.24. The molecule has 6 nitrogen and oxygen atoms in total. The molecule has 2 heterocycles. The highest BCUT2D eigenvalue weighted by Crippen LogP contribution is 2.18. The van der Waals surface area contributed by atoms with Gasteiger partial charge in [-0.3, -0.25) is 4.79 Å². The Morgan fingerprint density at radius 3 is 2.34 bits per heavy atom. The number of nitrogens with one attached hydrogen (secondary N) is 2. The highest BCUT2D eigenvalue weighted by atomic mass is 16.3. The molecule has 6 heteroatoms. The van der Waals surface area contributed by atoms with E-state index in [2.05, 4.69) is 20.6 Å². The molecule has 1 amide bonds. The van der Waals surface area contributed by atoms with E-state index in [0.29, 0.717) is 30.4 Å². The van der Waals surface area contributed by atoms with Crippen LogP contribution in [0.5, 0.6) is 0 Å². The van der Waals surface area contributed by atoms with E-state index >= 15 is 0 Å². The maximum Gasteiger partial charge on any atom is 0.270 e. The van der Waals surface area contributed by atoms with Crippen LogP contribution in [0.1, 0.15) is 21.8 Å². The average Bonchev–Trinajstić information content (AvgIpc) is 3.31. The number of anilines is 1. The molecule has 4 rings (SSSR count). The molecule has 2 aromatic carbocycles. The molecule has 0 bridgehead atoms. The number of hydrogen-bond donors (Lipinski definition) is 2. The molecule has 29 heavy (non-hydrogen) atoms. The van der Waals surface area contributed by atoms with Gasteiger partial charge in [-0.2, -0.15) is 0 Å². The van der Waals surface area contributed by atoms with Gasteiger partial charge in [0.05, 0.1) is 12.8 Å². The van der Waals surface area contributed by atoms with Gasteiger partial charge in [0.25, 0.3) is 5.91 Å². The lowest BCUT2D eigenvalue weighted by atomic mass is 10.2. The predicted molar refractivity (Wildman–Crippen MR) is 111 cm³/mol. The van der Waals surface area contributed by atoms with Crippen molar-refractivity contribution < 1.29 is 9.21 Å². The third kappa shape index (κ3) is 4.87. The van der Waals surface area contributed by atoms with E-state index < -0.39 is 0 Å². The third-order valence-corrected chi connectivity index (χ3v) is 4.31. The third-order valence-electron chi connectivity index (χ3n) is 4.31. The standard InChI is InChI=1S/C23H20N4O2/c28-23(25-15-17-8-3-1-4-9-17)20-14-21(24-16-19-12-7-13-29-19)27-22(26-20)18-10-5-2-6-11-18/h1-14H,15-16H2,(H,25,28)(H,24,26,27). The molecule has 0 aliphatic carbocycles. The van der Waals surface area contributed by atoms with E-state index in [9.17, 15) is 4.79 Å². The number of benzene rings is 2. The number of amides is 1. The minimum atomic E-state index is -0.255. The van der Waals surface area contributed by atoms with Crippen LogP contribution in [-0.2, 0) is 13.1 Å². The van der Waals surface area contributed by atoms with Crippen LogP contribution in [0.2, 0.25) is 0 Å². The quantitative estimate of drug-likeness (QED) is 0.497. The molecule has 0 spiro atoms. The van der Waals surface area contributed by atoms with Crippen LogP contribution in [0.15, 0.2) is 89.5 Å². The van der Waals surface area contributed by atoms with Crippen molar-refractivity contribution in [1.29, 1.82) is 0 Å². The van der Waals surface area contributed by atoms with Crippen molar-refractivity contribution >= 4 is 11.7 Å². The van der Waals surface area contributed by atoms with E-state index in [1.54, 1.807) is 12.3 Å². The Kier molecular flexibility index (Phi) is 5.62. The molecule has 4 aromatic rings. The van der Waals surface area contributed by atoms with Gasteiger partial charge in [0.1, 0.15) is 17.3 Å². The summed E-state index contributed by atoms with van der Waals surface area (Å²) in [4.78, 5) is 21.8. The van der Waals surface area contributed by atoms with E-state index in [0.717, 1.165) is 16.9 Å². The molecular formula is C23H20N4O2. The topological polar surface area (TPSA) is 80.0 Å². The van der Waals surface area contributed by atoms with Crippen LogP contribution < -0.4 is 10.6 Å². The number of nitrogens with zero attached hydrogens (tertiary/aromatic N) is 2. The largest absolute Gasteiger partial charge is 0.467 e. The van der Waals surface area contributed by atoms with E-state index in [-0.39, 0.29) is 5.91 Å². The second-order valence-electron chi connectivity index (χ2n) is 6.43. The monoisotopic (exact) mass is 384 g/mol. The summed E-state index contributed by atoms with van der Waals surface area (Å²) in [6.45, 7) is 0.892. The molecule has 2 N–H and O–H groups in total. The molecule has 0 atom stereocenters. The fourth-order valence-corrected chi connectivity index (χ4v) is 2.83. The Morgan fingerprint density at radius 2 is 1.62 bits per heavy atom. The molecule has 2 aromatic heterocycles. The second kappa shape index (κ2) is 8.84. The number of rotatable bonds is 7. The summed E-state index contributed by atoms with van der Waals surface area (Å²) < 4.78 is 5.35. The lowest BCUT2D eigenvalue weighted by Gasteiger charge is -2.10. The van der Waals surface area contributed by atoms with E-state index in [1.165, 1.54) is 0 Å². The van der Waals surface area contributed by atoms with Gasteiger partial charge in [-0.05, 0) is 17.7 Å². The Morgan fingerprint density at radius 1 is 0.862 bits per heavy atom. The normalized spacial score (nSPS) is 10.5. The maximum atomic E-state index is 12.7. The zero-order valence-corrected chi connectivity index (χ0v) is 15.7. The van der Waals surface area contributed by atoms with Crippen molar-refractivity contribution in [2.75, 3.05) is 5.32 Å². The first-order valence-corrected chi connectivity index (χ1v) is 9.31. The zero-order valence-electron chi connectivity index (χ0n) is 15.7. The SMILES string of the molecule is O=C(NCc1ccccc1)c1cc(NCc2ccco2)nc(-c2ccccc2)n1. The van der Waals surface area contributed by atoms with Crippen LogP contribution >= 0.6 is 0 Å². The summed E-state index contributed by atoms with van der Waals surface area (Å²) >= 11 is 0. The van der Waals surface area contributed by atoms with Gasteiger partial charge < -0.3 is 15.1 Å². The molecule has 0 fully saturated rings. The highest BCUT2D eigenvalue weighted by molar-refractivity contribution is 5.93. The lowest BCUT2D eigenvalue weighted by molar-refractivity contribution is 0.0946. The summed E-state index contributed by atoms with van der Waals surface area (Å²) in [5.74, 6) is 1.56. The van der Waals surface area contributed by atoms with Crippen molar-refractivity contribution in [3.05, 3.63) is 102 Å². The fourth-order valence-electron chi connectivity index (χ4n) is 2.83. The second-order valence-corrected chi connectivity index (χ2v) is 6.43. The van der Waals surface area contributed by atoms with Crippen LogP contribution in [0.25, 0.3) is 11.4 Å². The Hall–Kier alpha value is -3.93. The minimum Gasteiger partial charge on any atom is -0.467 e. The smallest absolute Gasteiger partial charge is 0.270 e. The van der Waals surface area contributed by atoms with Gasteiger partial charge in [-0.1, -0.05) is 60.7 Å². The number of carbonyl (C=O) groups is 1. The fraction of sp³-hybridized carbons (Fsp3) is 0.0870. The summed E-state index contributed by atoms with van der Waals surface area (Å²) in [5, 5.41) is 6.12. The van der Waals surface area contributed by atoms with Crippen molar-refractivity contribution in [2.45, 2.75) is 13.1 Å². The Bertz CT molecular complexity index is 1060. The van der Waals surface area contributed by atoms with E-state index in [4.69, 9.17) is 4.42 Å². The Labute approximate surface area is 168 Å². The van der Waals surface area contributed by atoms with Crippen molar-refractivity contribution in [2.24, 2.45) is 0 Å². The van der Waals surface area contributed by atoms with Crippen LogP contribution in [0.4, 0.5) is 5.82 Å². The van der Waals surface area contributed by atoms with Gasteiger partial charge in [-0.15, -0.1) is 0 Å². The first-order chi connectivity index (χ1) is 14.3. The van der Waals surface area contributed by atoms with Gasteiger partial charge >= 0.3 is 0 Å². The van der Waals surface area contributed by atoms with Crippen molar-refractivity contribution in [3.8, 4) is 11.4 Å². The molecule has 0 radical (unpaired) electrons. The van der Waals surface area contributed by atoms with Crippen molar-refractivity contribution in [1.82, 2.24) is 15.3 Å². The minimum absolute atomic E-state index is 0.255. The molecular weight excluding hydrogens is 364 g/mol. The predicted octanol–water partition coefficient (Wildman–Crippen LogP) is 4.28. The Balaban J connectivity index is 1.57. The van der Waals surface area contributed by atoms with Gasteiger partial charge in [0.15, 0.2) is 5.82 Å². The molecule has 0 unspecified atom stereocenters.